The normalized spacial score (nSPS) is 14.5. The van der Waals surface area contributed by atoms with Crippen LogP contribution in [-0.2, 0) is 4.79 Å². The molecule has 4 nitrogen and oxygen atoms in total. The molecule has 0 unspecified atom stereocenters. The number of anilines is 2. The summed E-state index contributed by atoms with van der Waals surface area (Å²) < 4.78 is 0. The number of rotatable bonds is 4. The average Bonchev–Trinajstić information content (AvgIpc) is 3.09. The van der Waals surface area contributed by atoms with Crippen molar-refractivity contribution in [2.24, 2.45) is 0 Å². The highest BCUT2D eigenvalue weighted by Crippen LogP contribution is 2.28. The maximum Gasteiger partial charge on any atom is 0.248 e. The van der Waals surface area contributed by atoms with Crippen molar-refractivity contribution in [3.63, 3.8) is 0 Å². The van der Waals surface area contributed by atoms with Crippen molar-refractivity contribution in [1.82, 2.24) is 4.98 Å². The van der Waals surface area contributed by atoms with Crippen molar-refractivity contribution in [3.05, 3.63) is 60.4 Å². The fraction of sp³-hybridized carbons (Fsp3) is 0.222. The lowest BCUT2D eigenvalue weighted by Crippen LogP contribution is -2.20. The Labute approximate surface area is 130 Å². The van der Waals surface area contributed by atoms with E-state index in [9.17, 15) is 4.79 Å². The lowest BCUT2D eigenvalue weighted by atomic mass is 10.2. The Morgan fingerprint density at radius 3 is 2.73 bits per heavy atom. The molecule has 0 saturated carbocycles. The first-order chi connectivity index (χ1) is 10.8. The van der Waals surface area contributed by atoms with Gasteiger partial charge in [0.1, 0.15) is 0 Å². The van der Waals surface area contributed by atoms with Crippen LogP contribution in [0.15, 0.2) is 54.9 Å². The number of aromatic nitrogens is 1. The number of para-hydroxylation sites is 2. The first-order valence-electron chi connectivity index (χ1n) is 7.56. The number of hydrogen-bond donors (Lipinski definition) is 1. The van der Waals surface area contributed by atoms with E-state index in [4.69, 9.17) is 0 Å². The van der Waals surface area contributed by atoms with Crippen molar-refractivity contribution < 1.29 is 4.79 Å². The summed E-state index contributed by atoms with van der Waals surface area (Å²) in [5.41, 5.74) is 2.87. The van der Waals surface area contributed by atoms with E-state index in [-0.39, 0.29) is 5.91 Å². The number of nitrogens with zero attached hydrogens (tertiary/aromatic N) is 2. The molecule has 1 N–H and O–H groups in total. The first-order valence-corrected chi connectivity index (χ1v) is 7.56. The molecule has 22 heavy (non-hydrogen) atoms. The third-order valence-corrected chi connectivity index (χ3v) is 3.72. The van der Waals surface area contributed by atoms with Gasteiger partial charge in [0.15, 0.2) is 0 Å². The van der Waals surface area contributed by atoms with Gasteiger partial charge in [-0.2, -0.15) is 0 Å². The Morgan fingerprint density at radius 2 is 1.95 bits per heavy atom. The quantitative estimate of drug-likeness (QED) is 0.879. The van der Waals surface area contributed by atoms with Gasteiger partial charge in [-0.1, -0.05) is 18.2 Å². The average molecular weight is 293 g/mol. The van der Waals surface area contributed by atoms with Gasteiger partial charge in [-0.25, -0.2) is 0 Å². The number of carbonyl (C=O) groups is 1. The number of nitrogens with one attached hydrogen (secondary N) is 1. The van der Waals surface area contributed by atoms with E-state index in [0.29, 0.717) is 0 Å². The summed E-state index contributed by atoms with van der Waals surface area (Å²) in [5.74, 6) is -0.129. The minimum absolute atomic E-state index is 0.129. The standard InChI is InChI=1S/C18H19N3O/c22-18(10-9-15-6-5-11-19-14-15)20-16-7-1-2-8-17(16)21-12-3-4-13-21/h1-2,5-11,14H,3-4,12-13H2,(H,20,22). The second-order valence-electron chi connectivity index (χ2n) is 5.32. The molecule has 112 valence electrons. The lowest BCUT2D eigenvalue weighted by Gasteiger charge is -2.21. The van der Waals surface area contributed by atoms with E-state index in [0.717, 1.165) is 30.0 Å². The van der Waals surface area contributed by atoms with Crippen LogP contribution in [0.3, 0.4) is 0 Å². The van der Waals surface area contributed by atoms with Gasteiger partial charge in [0.2, 0.25) is 5.91 Å². The van der Waals surface area contributed by atoms with E-state index in [1.165, 1.54) is 18.9 Å². The molecule has 0 bridgehead atoms. The van der Waals surface area contributed by atoms with Crippen molar-refractivity contribution in [1.29, 1.82) is 0 Å². The molecule has 1 aliphatic rings. The summed E-state index contributed by atoms with van der Waals surface area (Å²) in [6.07, 6.45) is 9.16. The van der Waals surface area contributed by atoms with Gasteiger partial charge >= 0.3 is 0 Å². The van der Waals surface area contributed by atoms with Crippen LogP contribution < -0.4 is 10.2 Å². The van der Waals surface area contributed by atoms with Gasteiger partial charge in [0.25, 0.3) is 0 Å². The lowest BCUT2D eigenvalue weighted by molar-refractivity contribution is -0.111. The summed E-state index contributed by atoms with van der Waals surface area (Å²) >= 11 is 0. The van der Waals surface area contributed by atoms with Crippen molar-refractivity contribution in [3.8, 4) is 0 Å². The molecule has 0 spiro atoms. The number of hydrogen-bond acceptors (Lipinski definition) is 3. The summed E-state index contributed by atoms with van der Waals surface area (Å²) in [7, 11) is 0. The summed E-state index contributed by atoms with van der Waals surface area (Å²) in [6, 6.07) is 11.7. The second-order valence-corrected chi connectivity index (χ2v) is 5.32. The smallest absolute Gasteiger partial charge is 0.248 e. The Morgan fingerprint density at radius 1 is 1.14 bits per heavy atom. The zero-order valence-corrected chi connectivity index (χ0v) is 12.4. The molecule has 1 aromatic heterocycles. The molecule has 0 radical (unpaired) electrons. The highest BCUT2D eigenvalue weighted by Gasteiger charge is 2.15. The summed E-state index contributed by atoms with van der Waals surface area (Å²) in [5, 5.41) is 2.97. The van der Waals surface area contributed by atoms with Crippen molar-refractivity contribution >= 4 is 23.4 Å². The van der Waals surface area contributed by atoms with Gasteiger partial charge in [-0.15, -0.1) is 0 Å². The fourth-order valence-electron chi connectivity index (χ4n) is 2.63. The topological polar surface area (TPSA) is 45.2 Å². The molecule has 0 aliphatic carbocycles. The van der Waals surface area contributed by atoms with E-state index >= 15 is 0 Å². The van der Waals surface area contributed by atoms with E-state index in [2.05, 4.69) is 21.3 Å². The number of carbonyl (C=O) groups excluding carboxylic acids is 1. The Balaban J connectivity index is 1.70. The maximum absolute atomic E-state index is 12.1. The molecular weight excluding hydrogens is 274 g/mol. The SMILES string of the molecule is O=C(C=Cc1cccnc1)Nc1ccccc1N1CCCC1. The van der Waals surface area contributed by atoms with Gasteiger partial charge in [-0.3, -0.25) is 9.78 Å². The van der Waals surface area contributed by atoms with Crippen LogP contribution in [0.2, 0.25) is 0 Å². The minimum Gasteiger partial charge on any atom is -0.370 e. The van der Waals surface area contributed by atoms with Gasteiger partial charge in [0, 0.05) is 31.6 Å². The molecule has 1 aromatic carbocycles. The number of benzene rings is 1. The van der Waals surface area contributed by atoms with E-state index in [1.54, 1.807) is 18.5 Å². The molecular formula is C18H19N3O. The molecule has 1 amide bonds. The van der Waals surface area contributed by atoms with Crippen LogP contribution in [0.5, 0.6) is 0 Å². The first kappa shape index (κ1) is 14.3. The third kappa shape index (κ3) is 3.52. The summed E-state index contributed by atoms with van der Waals surface area (Å²) in [4.78, 5) is 18.5. The highest BCUT2D eigenvalue weighted by atomic mass is 16.1. The molecule has 4 heteroatoms. The zero-order valence-electron chi connectivity index (χ0n) is 12.4. The minimum atomic E-state index is -0.129. The van der Waals surface area contributed by atoms with E-state index < -0.39 is 0 Å². The fourth-order valence-corrected chi connectivity index (χ4v) is 2.63. The van der Waals surface area contributed by atoms with Crippen LogP contribution in [0.1, 0.15) is 18.4 Å². The molecule has 0 atom stereocenters. The highest BCUT2D eigenvalue weighted by molar-refractivity contribution is 6.03. The molecule has 2 heterocycles. The predicted octanol–water partition coefficient (Wildman–Crippen LogP) is 3.33. The zero-order chi connectivity index (χ0) is 15.2. The van der Waals surface area contributed by atoms with Crippen molar-refractivity contribution in [2.75, 3.05) is 23.3 Å². The third-order valence-electron chi connectivity index (χ3n) is 3.72. The monoisotopic (exact) mass is 293 g/mol. The van der Waals surface area contributed by atoms with Gasteiger partial charge in [0.05, 0.1) is 11.4 Å². The second kappa shape index (κ2) is 6.89. The largest absolute Gasteiger partial charge is 0.370 e. The Kier molecular flexibility index (Phi) is 4.49. The molecule has 1 fully saturated rings. The predicted molar refractivity (Wildman–Crippen MR) is 89.8 cm³/mol. The molecule has 1 aliphatic heterocycles. The van der Waals surface area contributed by atoms with Crippen LogP contribution in [-0.4, -0.2) is 24.0 Å². The van der Waals surface area contributed by atoms with Crippen LogP contribution in [0.4, 0.5) is 11.4 Å². The molecule has 2 aromatic rings. The number of pyridine rings is 1. The van der Waals surface area contributed by atoms with Crippen LogP contribution >= 0.6 is 0 Å². The van der Waals surface area contributed by atoms with Gasteiger partial charge < -0.3 is 10.2 Å². The maximum atomic E-state index is 12.1. The number of amides is 1. The summed E-state index contributed by atoms with van der Waals surface area (Å²) in [6.45, 7) is 2.11. The molecule has 3 rings (SSSR count). The van der Waals surface area contributed by atoms with Crippen LogP contribution in [0.25, 0.3) is 6.08 Å². The Hall–Kier alpha value is -2.62. The van der Waals surface area contributed by atoms with Crippen molar-refractivity contribution in [2.45, 2.75) is 12.8 Å². The van der Waals surface area contributed by atoms with Crippen LogP contribution in [0, 0.1) is 0 Å². The Bertz CT molecular complexity index is 661. The molecule has 1 saturated heterocycles. The van der Waals surface area contributed by atoms with Gasteiger partial charge in [-0.05, 0) is 42.7 Å². The van der Waals surface area contributed by atoms with E-state index in [1.807, 2.05) is 30.3 Å².